The first-order chi connectivity index (χ1) is 10.0. The molecule has 2 fully saturated rings. The number of amides is 2. The Labute approximate surface area is 121 Å². The fourth-order valence-electron chi connectivity index (χ4n) is 3.32. The second-order valence-corrected chi connectivity index (χ2v) is 5.79. The highest BCUT2D eigenvalue weighted by Crippen LogP contribution is 2.47. The highest BCUT2D eigenvalue weighted by molar-refractivity contribution is 6.06. The highest BCUT2D eigenvalue weighted by Gasteiger charge is 2.52. The first-order valence-electron chi connectivity index (χ1n) is 7.05. The number of aromatic nitrogens is 1. The van der Waals surface area contributed by atoms with Crippen LogP contribution in [0.2, 0.25) is 0 Å². The lowest BCUT2D eigenvalue weighted by Gasteiger charge is -2.20. The Balaban J connectivity index is 1.82. The van der Waals surface area contributed by atoms with E-state index in [0.717, 1.165) is 25.7 Å². The van der Waals surface area contributed by atoms with Gasteiger partial charge in [-0.15, -0.1) is 0 Å². The van der Waals surface area contributed by atoms with Gasteiger partial charge < -0.3 is 5.11 Å². The number of carboxylic acids is 1. The number of rotatable bonds is 3. The van der Waals surface area contributed by atoms with Gasteiger partial charge >= 0.3 is 5.97 Å². The molecule has 0 radical (unpaired) electrons. The summed E-state index contributed by atoms with van der Waals surface area (Å²) < 4.78 is 0. The lowest BCUT2D eigenvalue weighted by molar-refractivity contribution is -0.142. The smallest absolute Gasteiger partial charge is 0.335 e. The van der Waals surface area contributed by atoms with Gasteiger partial charge in [-0.2, -0.15) is 0 Å². The van der Waals surface area contributed by atoms with E-state index in [1.807, 2.05) is 0 Å². The maximum absolute atomic E-state index is 12.5. The van der Waals surface area contributed by atoms with Crippen LogP contribution < -0.4 is 0 Å². The van der Waals surface area contributed by atoms with Gasteiger partial charge in [0, 0.05) is 12.6 Å². The number of aromatic carboxylic acids is 1. The van der Waals surface area contributed by atoms with Crippen molar-refractivity contribution in [3.8, 4) is 0 Å². The molecule has 21 heavy (non-hydrogen) atoms. The fraction of sp³-hybridized carbons (Fsp3) is 0.467. The minimum Gasteiger partial charge on any atom is -0.478 e. The molecule has 1 spiro atoms. The Morgan fingerprint density at radius 1 is 1.33 bits per heavy atom. The third-order valence-electron chi connectivity index (χ3n) is 4.43. The summed E-state index contributed by atoms with van der Waals surface area (Å²) in [5.41, 5.74) is 0.0305. The Hall–Kier alpha value is -2.24. The average Bonchev–Trinajstić information content (AvgIpc) is 3.01. The fourth-order valence-corrected chi connectivity index (χ4v) is 3.32. The topological polar surface area (TPSA) is 87.6 Å². The molecule has 1 aromatic heterocycles. The third-order valence-corrected chi connectivity index (χ3v) is 4.43. The van der Waals surface area contributed by atoms with Crippen LogP contribution in [0.5, 0.6) is 0 Å². The predicted molar refractivity (Wildman–Crippen MR) is 72.3 cm³/mol. The van der Waals surface area contributed by atoms with Crippen LogP contribution in [0.25, 0.3) is 0 Å². The van der Waals surface area contributed by atoms with E-state index in [-0.39, 0.29) is 30.3 Å². The Kier molecular flexibility index (Phi) is 3.23. The molecule has 1 saturated carbocycles. The summed E-state index contributed by atoms with van der Waals surface area (Å²) in [7, 11) is 0. The Morgan fingerprint density at radius 3 is 2.71 bits per heavy atom. The number of hydrogen-bond donors (Lipinski definition) is 1. The third kappa shape index (κ3) is 2.30. The summed E-state index contributed by atoms with van der Waals surface area (Å²) >= 11 is 0. The summed E-state index contributed by atoms with van der Waals surface area (Å²) in [6.45, 7) is 0.0561. The van der Waals surface area contributed by atoms with Gasteiger partial charge in [-0.25, -0.2) is 4.79 Å². The van der Waals surface area contributed by atoms with Gasteiger partial charge in [0.2, 0.25) is 11.8 Å². The Bertz CT molecular complexity index is 620. The molecule has 0 aromatic carbocycles. The number of imide groups is 1. The monoisotopic (exact) mass is 288 g/mol. The van der Waals surface area contributed by atoms with E-state index >= 15 is 0 Å². The van der Waals surface area contributed by atoms with E-state index in [4.69, 9.17) is 5.11 Å². The molecule has 1 aromatic rings. The standard InChI is InChI=1S/C15H16N2O4/c18-12-8-15(4-1-2-5-15)14(21)17(12)9-11-7-10(13(19)20)3-6-16-11/h3,6-7H,1-2,4-5,8-9H2,(H,19,20). The van der Waals surface area contributed by atoms with Gasteiger partial charge in [0.25, 0.3) is 0 Å². The van der Waals surface area contributed by atoms with E-state index in [1.165, 1.54) is 23.2 Å². The number of carbonyl (C=O) groups is 3. The first-order valence-corrected chi connectivity index (χ1v) is 7.05. The molecule has 1 aliphatic heterocycles. The van der Waals surface area contributed by atoms with Crippen LogP contribution in [0.1, 0.15) is 48.2 Å². The maximum Gasteiger partial charge on any atom is 0.335 e. The molecular weight excluding hydrogens is 272 g/mol. The van der Waals surface area contributed by atoms with Crippen LogP contribution in [0.4, 0.5) is 0 Å². The molecule has 1 saturated heterocycles. The second-order valence-electron chi connectivity index (χ2n) is 5.79. The molecule has 0 atom stereocenters. The predicted octanol–water partition coefficient (Wildman–Crippen LogP) is 1.60. The van der Waals surface area contributed by atoms with Crippen molar-refractivity contribution < 1.29 is 19.5 Å². The van der Waals surface area contributed by atoms with E-state index in [0.29, 0.717) is 5.69 Å². The maximum atomic E-state index is 12.5. The molecule has 3 rings (SSSR count). The first kappa shape index (κ1) is 13.7. The molecule has 2 aliphatic rings. The van der Waals surface area contributed by atoms with Crippen LogP contribution in [0.3, 0.4) is 0 Å². The SMILES string of the molecule is O=C(O)c1ccnc(CN2C(=O)CC3(CCCC3)C2=O)c1. The zero-order chi connectivity index (χ0) is 15.0. The summed E-state index contributed by atoms with van der Waals surface area (Å²) in [5, 5.41) is 8.97. The van der Waals surface area contributed by atoms with Crippen molar-refractivity contribution in [2.75, 3.05) is 0 Å². The van der Waals surface area contributed by atoms with E-state index in [9.17, 15) is 14.4 Å². The summed E-state index contributed by atoms with van der Waals surface area (Å²) in [5.74, 6) is -1.35. The molecular formula is C15H16N2O4. The lowest BCUT2D eigenvalue weighted by atomic mass is 9.84. The van der Waals surface area contributed by atoms with Crippen LogP contribution in [0, 0.1) is 5.41 Å². The molecule has 1 N–H and O–H groups in total. The van der Waals surface area contributed by atoms with Crippen molar-refractivity contribution in [1.82, 2.24) is 9.88 Å². The minimum absolute atomic E-state index is 0.0561. The average molecular weight is 288 g/mol. The molecule has 6 nitrogen and oxygen atoms in total. The van der Waals surface area contributed by atoms with Gasteiger partial charge in [-0.3, -0.25) is 19.5 Å². The van der Waals surface area contributed by atoms with Crippen molar-refractivity contribution in [2.45, 2.75) is 38.6 Å². The molecule has 0 unspecified atom stereocenters. The van der Waals surface area contributed by atoms with Crippen LogP contribution in [-0.4, -0.2) is 32.8 Å². The lowest BCUT2D eigenvalue weighted by Crippen LogP contribution is -2.34. The zero-order valence-corrected chi connectivity index (χ0v) is 11.5. The van der Waals surface area contributed by atoms with E-state index in [1.54, 1.807) is 0 Å². The van der Waals surface area contributed by atoms with Gasteiger partial charge in [-0.1, -0.05) is 12.8 Å². The van der Waals surface area contributed by atoms with E-state index in [2.05, 4.69) is 4.98 Å². The number of pyridine rings is 1. The number of nitrogens with zero attached hydrogens (tertiary/aromatic N) is 2. The molecule has 2 amide bonds. The normalized spacial score (nSPS) is 20.5. The van der Waals surface area contributed by atoms with Crippen LogP contribution in [-0.2, 0) is 16.1 Å². The molecule has 6 heteroatoms. The molecule has 0 bridgehead atoms. The number of carboxylic acid groups (broad SMARTS) is 1. The van der Waals surface area contributed by atoms with Crippen LogP contribution in [0.15, 0.2) is 18.3 Å². The number of likely N-dealkylation sites (tertiary alicyclic amines) is 1. The molecule has 110 valence electrons. The van der Waals surface area contributed by atoms with Crippen molar-refractivity contribution in [3.63, 3.8) is 0 Å². The zero-order valence-electron chi connectivity index (χ0n) is 11.5. The summed E-state index contributed by atoms with van der Waals surface area (Å²) in [6, 6.07) is 2.79. The van der Waals surface area contributed by atoms with Crippen molar-refractivity contribution in [2.24, 2.45) is 5.41 Å². The summed E-state index contributed by atoms with van der Waals surface area (Å²) in [4.78, 5) is 40.9. The van der Waals surface area contributed by atoms with Gasteiger partial charge in [-0.05, 0) is 25.0 Å². The van der Waals surface area contributed by atoms with E-state index < -0.39 is 11.4 Å². The van der Waals surface area contributed by atoms with Gasteiger partial charge in [0.1, 0.15) is 0 Å². The second kappa shape index (κ2) is 4.95. The van der Waals surface area contributed by atoms with Gasteiger partial charge in [0.05, 0.1) is 23.2 Å². The van der Waals surface area contributed by atoms with Crippen LogP contribution >= 0.6 is 0 Å². The number of hydrogen-bond acceptors (Lipinski definition) is 4. The quantitative estimate of drug-likeness (QED) is 0.853. The van der Waals surface area contributed by atoms with Crippen molar-refractivity contribution >= 4 is 17.8 Å². The number of carbonyl (C=O) groups excluding carboxylic acids is 2. The minimum atomic E-state index is -1.05. The molecule has 1 aliphatic carbocycles. The van der Waals surface area contributed by atoms with Crippen molar-refractivity contribution in [3.05, 3.63) is 29.6 Å². The molecule has 2 heterocycles. The van der Waals surface area contributed by atoms with Crippen molar-refractivity contribution in [1.29, 1.82) is 0 Å². The largest absolute Gasteiger partial charge is 0.478 e. The van der Waals surface area contributed by atoms with Gasteiger partial charge in [0.15, 0.2) is 0 Å². The Morgan fingerprint density at radius 2 is 2.05 bits per heavy atom. The summed E-state index contributed by atoms with van der Waals surface area (Å²) in [6.07, 6.45) is 5.19. The highest BCUT2D eigenvalue weighted by atomic mass is 16.4.